The fourth-order valence-electron chi connectivity index (χ4n) is 3.75. The van der Waals surface area contributed by atoms with Crippen LogP contribution in [0.15, 0.2) is 54.6 Å². The van der Waals surface area contributed by atoms with Crippen LogP contribution in [0.4, 0.5) is 0 Å². The molecule has 0 spiro atoms. The molecule has 0 saturated carbocycles. The van der Waals surface area contributed by atoms with E-state index in [0.717, 1.165) is 6.54 Å². The lowest BCUT2D eigenvalue weighted by molar-refractivity contribution is 0.103. The summed E-state index contributed by atoms with van der Waals surface area (Å²) in [6, 6.07) is 19.0. The lowest BCUT2D eigenvalue weighted by Gasteiger charge is -2.26. The molecule has 0 radical (unpaired) electrons. The monoisotopic (exact) mass is 334 g/mol. The zero-order valence-electron chi connectivity index (χ0n) is 14.7. The molecule has 3 heteroatoms. The van der Waals surface area contributed by atoms with Gasteiger partial charge in [0.2, 0.25) is 0 Å². The van der Waals surface area contributed by atoms with E-state index in [2.05, 4.69) is 58.4 Å². The second-order valence-electron chi connectivity index (χ2n) is 6.94. The Morgan fingerprint density at radius 3 is 2.44 bits per heavy atom. The minimum absolute atomic E-state index is 0.632. The summed E-state index contributed by atoms with van der Waals surface area (Å²) in [7, 11) is 0. The van der Waals surface area contributed by atoms with Crippen molar-refractivity contribution < 1.29 is 4.74 Å². The SMILES string of the molecule is c1ccc(COCc2[nH]c3ccccc3c2CN2CCCCC2)cc1. The number of para-hydroxylation sites is 1. The van der Waals surface area contributed by atoms with Crippen LogP contribution in [0.2, 0.25) is 0 Å². The van der Waals surface area contributed by atoms with Crippen LogP contribution in [0.25, 0.3) is 10.9 Å². The number of aromatic nitrogens is 1. The number of hydrogen-bond acceptors (Lipinski definition) is 2. The summed E-state index contributed by atoms with van der Waals surface area (Å²) in [5.41, 5.74) is 5.07. The average molecular weight is 334 g/mol. The Hall–Kier alpha value is -2.10. The van der Waals surface area contributed by atoms with E-state index in [4.69, 9.17) is 4.74 Å². The molecule has 1 aliphatic heterocycles. The van der Waals surface area contributed by atoms with Gasteiger partial charge < -0.3 is 9.72 Å². The highest BCUT2D eigenvalue weighted by molar-refractivity contribution is 5.84. The highest BCUT2D eigenvalue weighted by atomic mass is 16.5. The molecule has 0 atom stereocenters. The van der Waals surface area contributed by atoms with E-state index in [9.17, 15) is 0 Å². The third kappa shape index (κ3) is 3.94. The third-order valence-corrected chi connectivity index (χ3v) is 5.09. The molecule has 1 saturated heterocycles. The first-order chi connectivity index (χ1) is 12.4. The number of hydrogen-bond donors (Lipinski definition) is 1. The summed E-state index contributed by atoms with van der Waals surface area (Å²) in [6.45, 7) is 4.73. The molecule has 2 aromatic carbocycles. The molecule has 2 heterocycles. The number of benzene rings is 2. The topological polar surface area (TPSA) is 28.3 Å². The van der Waals surface area contributed by atoms with Gasteiger partial charge >= 0.3 is 0 Å². The average Bonchev–Trinajstić information content (AvgIpc) is 3.01. The molecule has 3 nitrogen and oxygen atoms in total. The summed E-state index contributed by atoms with van der Waals surface area (Å²) < 4.78 is 6.02. The van der Waals surface area contributed by atoms with Crippen molar-refractivity contribution in [2.45, 2.75) is 39.0 Å². The van der Waals surface area contributed by atoms with Crippen molar-refractivity contribution in [3.05, 3.63) is 71.4 Å². The maximum Gasteiger partial charge on any atom is 0.0873 e. The van der Waals surface area contributed by atoms with Gasteiger partial charge in [0.05, 0.1) is 13.2 Å². The van der Waals surface area contributed by atoms with Crippen LogP contribution >= 0.6 is 0 Å². The summed E-state index contributed by atoms with van der Waals surface area (Å²) in [5, 5.41) is 1.34. The van der Waals surface area contributed by atoms with Gasteiger partial charge in [-0.05, 0) is 43.1 Å². The molecule has 0 unspecified atom stereocenters. The highest BCUT2D eigenvalue weighted by Crippen LogP contribution is 2.26. The molecule has 130 valence electrons. The number of fused-ring (bicyclic) bond motifs is 1. The fraction of sp³-hybridized carbons (Fsp3) is 0.364. The second-order valence-corrected chi connectivity index (χ2v) is 6.94. The first kappa shape index (κ1) is 16.4. The summed E-state index contributed by atoms with van der Waals surface area (Å²) in [5.74, 6) is 0. The van der Waals surface area contributed by atoms with Crippen LogP contribution in [0.5, 0.6) is 0 Å². The quantitative estimate of drug-likeness (QED) is 0.696. The predicted molar refractivity (Wildman–Crippen MR) is 102 cm³/mol. The summed E-state index contributed by atoms with van der Waals surface area (Å²) in [6.07, 6.45) is 4.02. The van der Waals surface area contributed by atoms with Crippen molar-refractivity contribution in [1.82, 2.24) is 9.88 Å². The predicted octanol–water partition coefficient (Wildman–Crippen LogP) is 4.87. The van der Waals surface area contributed by atoms with E-state index in [1.54, 1.807) is 0 Å². The number of nitrogens with one attached hydrogen (secondary N) is 1. The van der Waals surface area contributed by atoms with Crippen LogP contribution in [0.1, 0.15) is 36.1 Å². The Morgan fingerprint density at radius 1 is 0.840 bits per heavy atom. The molecular formula is C22H26N2O. The van der Waals surface area contributed by atoms with Gasteiger partial charge in [0.1, 0.15) is 0 Å². The minimum atomic E-state index is 0.632. The Morgan fingerprint density at radius 2 is 1.60 bits per heavy atom. The van der Waals surface area contributed by atoms with Crippen LogP contribution in [-0.2, 0) is 24.5 Å². The molecule has 1 fully saturated rings. The number of H-pyrrole nitrogens is 1. The van der Waals surface area contributed by atoms with Gasteiger partial charge in [0.25, 0.3) is 0 Å². The van der Waals surface area contributed by atoms with Crippen LogP contribution in [-0.4, -0.2) is 23.0 Å². The number of rotatable bonds is 6. The van der Waals surface area contributed by atoms with Gasteiger partial charge in [-0.1, -0.05) is 55.0 Å². The van der Waals surface area contributed by atoms with Crippen LogP contribution < -0.4 is 0 Å². The van der Waals surface area contributed by atoms with Crippen molar-refractivity contribution >= 4 is 10.9 Å². The molecule has 3 aromatic rings. The Kier molecular flexibility index (Phi) is 5.14. The van der Waals surface area contributed by atoms with Crippen LogP contribution in [0, 0.1) is 0 Å². The molecule has 25 heavy (non-hydrogen) atoms. The van der Waals surface area contributed by atoms with E-state index >= 15 is 0 Å². The highest BCUT2D eigenvalue weighted by Gasteiger charge is 2.16. The molecular weight excluding hydrogens is 308 g/mol. The van der Waals surface area contributed by atoms with E-state index in [1.807, 2.05) is 6.07 Å². The van der Waals surface area contributed by atoms with E-state index in [-0.39, 0.29) is 0 Å². The van der Waals surface area contributed by atoms with E-state index in [1.165, 1.54) is 60.1 Å². The van der Waals surface area contributed by atoms with Crippen LogP contribution in [0.3, 0.4) is 0 Å². The molecule has 0 aliphatic carbocycles. The minimum Gasteiger partial charge on any atom is -0.371 e. The van der Waals surface area contributed by atoms with E-state index in [0.29, 0.717) is 13.2 Å². The van der Waals surface area contributed by atoms with Gasteiger partial charge in [-0.3, -0.25) is 4.90 Å². The molecule has 0 bridgehead atoms. The second kappa shape index (κ2) is 7.85. The van der Waals surface area contributed by atoms with Gasteiger partial charge in [0, 0.05) is 23.1 Å². The Balaban J connectivity index is 1.51. The molecule has 1 aromatic heterocycles. The molecule has 1 aliphatic rings. The van der Waals surface area contributed by atoms with Crippen molar-refractivity contribution in [2.24, 2.45) is 0 Å². The Bertz CT molecular complexity index is 803. The van der Waals surface area contributed by atoms with Gasteiger partial charge in [-0.15, -0.1) is 0 Å². The zero-order valence-corrected chi connectivity index (χ0v) is 14.7. The number of likely N-dealkylation sites (tertiary alicyclic amines) is 1. The molecule has 4 rings (SSSR count). The maximum atomic E-state index is 6.02. The number of ether oxygens (including phenoxy) is 1. The fourth-order valence-corrected chi connectivity index (χ4v) is 3.75. The number of piperidine rings is 1. The van der Waals surface area contributed by atoms with Crippen molar-refractivity contribution in [2.75, 3.05) is 13.1 Å². The van der Waals surface area contributed by atoms with Gasteiger partial charge in [0.15, 0.2) is 0 Å². The van der Waals surface area contributed by atoms with E-state index < -0.39 is 0 Å². The van der Waals surface area contributed by atoms with Crippen molar-refractivity contribution in [1.29, 1.82) is 0 Å². The molecule has 0 amide bonds. The Labute approximate surface area is 149 Å². The first-order valence-electron chi connectivity index (χ1n) is 9.32. The summed E-state index contributed by atoms with van der Waals surface area (Å²) >= 11 is 0. The number of nitrogens with zero attached hydrogens (tertiary/aromatic N) is 1. The van der Waals surface area contributed by atoms with Gasteiger partial charge in [-0.25, -0.2) is 0 Å². The van der Waals surface area contributed by atoms with Crippen molar-refractivity contribution in [3.63, 3.8) is 0 Å². The zero-order chi connectivity index (χ0) is 16.9. The maximum absolute atomic E-state index is 6.02. The van der Waals surface area contributed by atoms with Gasteiger partial charge in [-0.2, -0.15) is 0 Å². The standard InChI is InChI=1S/C22H26N2O/c1-3-9-18(10-4-1)16-25-17-22-20(15-24-13-7-2-8-14-24)19-11-5-6-12-21(19)23-22/h1,3-6,9-12,23H,2,7-8,13-17H2. The summed E-state index contributed by atoms with van der Waals surface area (Å²) in [4.78, 5) is 6.17. The largest absolute Gasteiger partial charge is 0.371 e. The smallest absolute Gasteiger partial charge is 0.0873 e. The molecule has 1 N–H and O–H groups in total. The third-order valence-electron chi connectivity index (χ3n) is 5.09. The lowest BCUT2D eigenvalue weighted by Crippen LogP contribution is -2.29. The first-order valence-corrected chi connectivity index (χ1v) is 9.32. The number of aromatic amines is 1. The lowest BCUT2D eigenvalue weighted by atomic mass is 10.1. The normalized spacial score (nSPS) is 15.7. The van der Waals surface area contributed by atoms with Crippen molar-refractivity contribution in [3.8, 4) is 0 Å².